The van der Waals surface area contributed by atoms with Crippen molar-refractivity contribution in [3.8, 4) is 5.75 Å². The standard InChI is InChI=1S/C24H29N3O2/c1-16-25-21-8-3-4-9-22(21)27(16)23-11-18-14-26(15-19(18)12-24(23)29-2)13-17-6-5-7-20(28)10-17/h3-10,18-19,23-24,28H,11-15H2,1-2H3/t18-,19+,23-,24-/m0/s1. The first-order chi connectivity index (χ1) is 14.1. The number of nitrogens with zero attached hydrogens (tertiary/aromatic N) is 3. The Labute approximate surface area is 171 Å². The van der Waals surface area contributed by atoms with E-state index in [0.29, 0.717) is 23.6 Å². The molecule has 2 fully saturated rings. The molecule has 1 saturated heterocycles. The molecule has 0 amide bonds. The Bertz CT molecular complexity index is 1010. The minimum atomic E-state index is 0.216. The predicted octanol–water partition coefficient (Wildman–Crippen LogP) is 4.15. The zero-order chi connectivity index (χ0) is 20.0. The average molecular weight is 392 g/mol. The highest BCUT2D eigenvalue weighted by molar-refractivity contribution is 5.76. The molecule has 2 heterocycles. The Kier molecular flexibility index (Phi) is 4.80. The summed E-state index contributed by atoms with van der Waals surface area (Å²) < 4.78 is 8.42. The van der Waals surface area contributed by atoms with Gasteiger partial charge >= 0.3 is 0 Å². The van der Waals surface area contributed by atoms with Gasteiger partial charge in [0, 0.05) is 26.7 Å². The maximum Gasteiger partial charge on any atom is 0.115 e. The van der Waals surface area contributed by atoms with Crippen molar-refractivity contribution in [2.24, 2.45) is 11.8 Å². The number of imidazole rings is 1. The topological polar surface area (TPSA) is 50.5 Å². The molecule has 1 aliphatic heterocycles. The lowest BCUT2D eigenvalue weighted by Crippen LogP contribution is -2.37. The molecular weight excluding hydrogens is 362 g/mol. The third-order valence-corrected chi connectivity index (χ3v) is 6.88. The van der Waals surface area contributed by atoms with Gasteiger partial charge in [-0.05, 0) is 61.4 Å². The van der Waals surface area contributed by atoms with Crippen molar-refractivity contribution in [3.05, 3.63) is 59.9 Å². The minimum Gasteiger partial charge on any atom is -0.508 e. The maximum absolute atomic E-state index is 9.77. The Morgan fingerprint density at radius 3 is 2.66 bits per heavy atom. The van der Waals surface area contributed by atoms with Gasteiger partial charge in [0.25, 0.3) is 0 Å². The van der Waals surface area contributed by atoms with Gasteiger partial charge in [0.15, 0.2) is 0 Å². The SMILES string of the molecule is CO[C@H]1C[C@@H]2CN(Cc3cccc(O)c3)C[C@@H]2C[C@@H]1n1c(C)nc2ccccc21. The molecule has 5 rings (SSSR count). The summed E-state index contributed by atoms with van der Waals surface area (Å²) in [7, 11) is 1.85. The molecule has 1 N–H and O–H groups in total. The quantitative estimate of drug-likeness (QED) is 0.726. The molecule has 2 aromatic carbocycles. The van der Waals surface area contributed by atoms with Gasteiger partial charge in [-0.1, -0.05) is 24.3 Å². The van der Waals surface area contributed by atoms with E-state index in [1.165, 1.54) is 11.1 Å². The van der Waals surface area contributed by atoms with Crippen molar-refractivity contribution >= 4 is 11.0 Å². The molecule has 0 unspecified atom stereocenters. The van der Waals surface area contributed by atoms with Gasteiger partial charge in [-0.2, -0.15) is 0 Å². The third kappa shape index (κ3) is 3.43. The number of benzene rings is 2. The van der Waals surface area contributed by atoms with E-state index in [0.717, 1.165) is 43.8 Å². The van der Waals surface area contributed by atoms with E-state index in [4.69, 9.17) is 9.72 Å². The van der Waals surface area contributed by atoms with E-state index in [-0.39, 0.29) is 6.10 Å². The van der Waals surface area contributed by atoms with Crippen LogP contribution in [0.3, 0.4) is 0 Å². The van der Waals surface area contributed by atoms with Gasteiger partial charge in [0.2, 0.25) is 0 Å². The number of methoxy groups -OCH3 is 1. The summed E-state index contributed by atoms with van der Waals surface area (Å²) in [5.74, 6) is 2.76. The molecular formula is C24H29N3O2. The molecule has 29 heavy (non-hydrogen) atoms. The van der Waals surface area contributed by atoms with Crippen molar-refractivity contribution in [2.75, 3.05) is 20.2 Å². The zero-order valence-corrected chi connectivity index (χ0v) is 17.2. The van der Waals surface area contributed by atoms with E-state index in [1.54, 1.807) is 6.07 Å². The van der Waals surface area contributed by atoms with Crippen LogP contribution in [0.15, 0.2) is 48.5 Å². The lowest BCUT2D eigenvalue weighted by molar-refractivity contribution is -0.0000726. The molecule has 5 heteroatoms. The Hall–Kier alpha value is -2.37. The fraction of sp³-hybridized carbons (Fsp3) is 0.458. The summed E-state index contributed by atoms with van der Waals surface area (Å²) in [6.45, 7) is 5.23. The number of para-hydroxylation sites is 2. The lowest BCUT2D eigenvalue weighted by Gasteiger charge is -2.38. The van der Waals surface area contributed by atoms with Crippen molar-refractivity contribution in [1.82, 2.24) is 14.5 Å². The normalized spacial score (nSPS) is 27.4. The number of aryl methyl sites for hydroxylation is 1. The van der Waals surface area contributed by atoms with Crippen molar-refractivity contribution in [2.45, 2.75) is 38.5 Å². The Morgan fingerprint density at radius 1 is 1.07 bits per heavy atom. The number of likely N-dealkylation sites (tertiary alicyclic amines) is 1. The fourth-order valence-corrected chi connectivity index (χ4v) is 5.64. The van der Waals surface area contributed by atoms with Crippen LogP contribution in [0.2, 0.25) is 0 Å². The average Bonchev–Trinajstić information content (AvgIpc) is 3.25. The summed E-state index contributed by atoms with van der Waals surface area (Å²) in [6, 6.07) is 16.4. The van der Waals surface area contributed by atoms with Gasteiger partial charge in [0.05, 0.1) is 23.2 Å². The van der Waals surface area contributed by atoms with Crippen LogP contribution in [0.5, 0.6) is 5.75 Å². The molecule has 4 atom stereocenters. The minimum absolute atomic E-state index is 0.216. The second-order valence-electron chi connectivity index (χ2n) is 8.71. The molecule has 5 nitrogen and oxygen atoms in total. The summed E-state index contributed by atoms with van der Waals surface area (Å²) in [5.41, 5.74) is 3.46. The van der Waals surface area contributed by atoms with E-state index in [2.05, 4.69) is 46.7 Å². The van der Waals surface area contributed by atoms with E-state index < -0.39 is 0 Å². The van der Waals surface area contributed by atoms with Crippen LogP contribution in [0.1, 0.15) is 30.3 Å². The van der Waals surface area contributed by atoms with Crippen molar-refractivity contribution < 1.29 is 9.84 Å². The zero-order valence-electron chi connectivity index (χ0n) is 17.2. The molecule has 152 valence electrons. The van der Waals surface area contributed by atoms with Crippen LogP contribution >= 0.6 is 0 Å². The molecule has 0 bridgehead atoms. The molecule has 1 aliphatic carbocycles. The summed E-state index contributed by atoms with van der Waals surface area (Å²) in [5, 5.41) is 9.77. The number of hydrogen-bond donors (Lipinski definition) is 1. The molecule has 0 radical (unpaired) electrons. The first kappa shape index (κ1) is 18.6. The Morgan fingerprint density at radius 2 is 1.86 bits per heavy atom. The predicted molar refractivity (Wildman–Crippen MR) is 114 cm³/mol. The van der Waals surface area contributed by atoms with Crippen LogP contribution in [0.25, 0.3) is 11.0 Å². The summed E-state index contributed by atoms with van der Waals surface area (Å²) >= 11 is 0. The van der Waals surface area contributed by atoms with Gasteiger partial charge in [-0.25, -0.2) is 4.98 Å². The summed E-state index contributed by atoms with van der Waals surface area (Å²) in [6.07, 6.45) is 2.43. The molecule has 1 saturated carbocycles. The van der Waals surface area contributed by atoms with Crippen LogP contribution in [0, 0.1) is 18.8 Å². The second kappa shape index (κ2) is 7.47. The van der Waals surface area contributed by atoms with E-state index >= 15 is 0 Å². The van der Waals surface area contributed by atoms with Gasteiger partial charge in [-0.15, -0.1) is 0 Å². The summed E-state index contributed by atoms with van der Waals surface area (Å²) in [4.78, 5) is 7.33. The second-order valence-corrected chi connectivity index (χ2v) is 8.71. The van der Waals surface area contributed by atoms with Gasteiger partial charge < -0.3 is 14.4 Å². The number of phenols is 1. The van der Waals surface area contributed by atoms with E-state index in [1.807, 2.05) is 19.2 Å². The van der Waals surface area contributed by atoms with Crippen molar-refractivity contribution in [1.29, 1.82) is 0 Å². The number of ether oxygens (including phenoxy) is 1. The van der Waals surface area contributed by atoms with Crippen molar-refractivity contribution in [3.63, 3.8) is 0 Å². The van der Waals surface area contributed by atoms with Gasteiger partial charge in [-0.3, -0.25) is 4.90 Å². The number of aromatic hydroxyl groups is 1. The third-order valence-electron chi connectivity index (χ3n) is 6.88. The number of aromatic nitrogens is 2. The number of fused-ring (bicyclic) bond motifs is 2. The highest BCUT2D eigenvalue weighted by atomic mass is 16.5. The largest absolute Gasteiger partial charge is 0.508 e. The first-order valence-electron chi connectivity index (χ1n) is 10.6. The monoisotopic (exact) mass is 391 g/mol. The van der Waals surface area contributed by atoms with Crippen LogP contribution in [-0.4, -0.2) is 45.9 Å². The van der Waals surface area contributed by atoms with Crippen LogP contribution < -0.4 is 0 Å². The van der Waals surface area contributed by atoms with E-state index in [9.17, 15) is 5.11 Å². The number of phenolic OH excluding ortho intramolecular Hbond substituents is 1. The van der Waals surface area contributed by atoms with Crippen LogP contribution in [0.4, 0.5) is 0 Å². The maximum atomic E-state index is 9.77. The molecule has 0 spiro atoms. The first-order valence-corrected chi connectivity index (χ1v) is 10.6. The Balaban J connectivity index is 1.38. The smallest absolute Gasteiger partial charge is 0.115 e. The fourth-order valence-electron chi connectivity index (χ4n) is 5.64. The van der Waals surface area contributed by atoms with Crippen LogP contribution in [-0.2, 0) is 11.3 Å². The molecule has 1 aromatic heterocycles. The number of rotatable bonds is 4. The highest BCUT2D eigenvalue weighted by Gasteiger charge is 2.43. The van der Waals surface area contributed by atoms with Gasteiger partial charge in [0.1, 0.15) is 11.6 Å². The highest BCUT2D eigenvalue weighted by Crippen LogP contribution is 2.44. The lowest BCUT2D eigenvalue weighted by atomic mass is 9.77. The molecule has 2 aliphatic rings. The number of hydrogen-bond acceptors (Lipinski definition) is 4. The molecule has 3 aromatic rings.